The van der Waals surface area contributed by atoms with Gasteiger partial charge >= 0.3 is 0 Å². The molecule has 0 aliphatic rings. The van der Waals surface area contributed by atoms with E-state index in [9.17, 15) is 4.39 Å². The first-order valence-electron chi connectivity index (χ1n) is 9.82. The summed E-state index contributed by atoms with van der Waals surface area (Å²) >= 11 is 5.96. The van der Waals surface area contributed by atoms with Gasteiger partial charge in [0.15, 0.2) is 11.5 Å². The first-order chi connectivity index (χ1) is 15.4. The Hall–Kier alpha value is -3.78. The van der Waals surface area contributed by atoms with Gasteiger partial charge in [0.25, 0.3) is 0 Å². The number of aromatic nitrogens is 7. The molecule has 5 aromatic rings. The molecule has 32 heavy (non-hydrogen) atoms. The minimum atomic E-state index is -0.495. The van der Waals surface area contributed by atoms with E-state index < -0.39 is 5.82 Å². The summed E-state index contributed by atoms with van der Waals surface area (Å²) in [6.07, 6.45) is 7.06. The molecule has 0 amide bonds. The SMILES string of the molecule is Cc1nc2nc(-c3cncc(-c4cnn(C)c4)c3)nc(-c3ccc(Cl)cc3F)c2nc1C. The number of nitrogens with zero attached hydrogens (tertiary/aromatic N) is 7. The van der Waals surface area contributed by atoms with Crippen LogP contribution in [0.4, 0.5) is 4.39 Å². The van der Waals surface area contributed by atoms with Crippen molar-refractivity contribution in [3.8, 4) is 33.8 Å². The molecule has 9 heteroatoms. The molecule has 7 nitrogen and oxygen atoms in total. The van der Waals surface area contributed by atoms with Gasteiger partial charge in [0.2, 0.25) is 0 Å². The number of halogens is 2. The van der Waals surface area contributed by atoms with Crippen LogP contribution in [0.1, 0.15) is 11.4 Å². The molecule has 0 radical (unpaired) electrons. The summed E-state index contributed by atoms with van der Waals surface area (Å²) in [4.78, 5) is 22.8. The van der Waals surface area contributed by atoms with Crippen molar-refractivity contribution < 1.29 is 4.39 Å². The van der Waals surface area contributed by atoms with Crippen LogP contribution in [0.5, 0.6) is 0 Å². The average Bonchev–Trinajstić information content (AvgIpc) is 3.21. The zero-order valence-electron chi connectivity index (χ0n) is 17.5. The van der Waals surface area contributed by atoms with E-state index in [1.807, 2.05) is 33.2 Å². The van der Waals surface area contributed by atoms with E-state index in [1.54, 1.807) is 35.4 Å². The molecule has 0 atom stereocenters. The van der Waals surface area contributed by atoms with Crippen LogP contribution in [-0.2, 0) is 7.05 Å². The highest BCUT2D eigenvalue weighted by Crippen LogP contribution is 2.31. The van der Waals surface area contributed by atoms with Crippen LogP contribution in [0.25, 0.3) is 44.9 Å². The van der Waals surface area contributed by atoms with Crippen LogP contribution in [0.2, 0.25) is 5.02 Å². The van der Waals surface area contributed by atoms with E-state index in [0.29, 0.717) is 33.3 Å². The molecule has 0 aliphatic carbocycles. The second-order valence-corrected chi connectivity index (χ2v) is 7.89. The molecule has 0 fully saturated rings. The van der Waals surface area contributed by atoms with Gasteiger partial charge in [-0.15, -0.1) is 0 Å². The van der Waals surface area contributed by atoms with Gasteiger partial charge in [-0.25, -0.2) is 24.3 Å². The fraction of sp³-hybridized carbons (Fsp3) is 0.130. The van der Waals surface area contributed by atoms with Crippen molar-refractivity contribution in [1.82, 2.24) is 34.7 Å². The van der Waals surface area contributed by atoms with Crippen LogP contribution in [0.15, 0.2) is 49.1 Å². The number of hydrogen-bond donors (Lipinski definition) is 0. The normalized spacial score (nSPS) is 11.3. The van der Waals surface area contributed by atoms with Gasteiger partial charge in [0, 0.05) is 52.9 Å². The predicted molar refractivity (Wildman–Crippen MR) is 120 cm³/mol. The number of fused-ring (bicyclic) bond motifs is 1. The first-order valence-corrected chi connectivity index (χ1v) is 10.2. The highest BCUT2D eigenvalue weighted by Gasteiger charge is 2.18. The van der Waals surface area contributed by atoms with Gasteiger partial charge in [-0.3, -0.25) is 9.67 Å². The van der Waals surface area contributed by atoms with E-state index in [4.69, 9.17) is 11.6 Å². The smallest absolute Gasteiger partial charge is 0.182 e. The maximum Gasteiger partial charge on any atom is 0.182 e. The third-order valence-corrected chi connectivity index (χ3v) is 5.40. The Bertz CT molecular complexity index is 1500. The van der Waals surface area contributed by atoms with Crippen LogP contribution in [0.3, 0.4) is 0 Å². The molecule has 0 bridgehead atoms. The number of hydrogen-bond acceptors (Lipinski definition) is 6. The lowest BCUT2D eigenvalue weighted by atomic mass is 10.1. The zero-order valence-corrected chi connectivity index (χ0v) is 18.3. The van der Waals surface area contributed by atoms with Gasteiger partial charge in [-0.2, -0.15) is 5.10 Å². The Morgan fingerprint density at radius 2 is 1.66 bits per heavy atom. The molecule has 0 N–H and O–H groups in total. The molecule has 5 rings (SSSR count). The van der Waals surface area contributed by atoms with Gasteiger partial charge in [-0.1, -0.05) is 11.6 Å². The van der Waals surface area contributed by atoms with Gasteiger partial charge in [0.05, 0.1) is 17.6 Å². The Labute approximate surface area is 188 Å². The lowest BCUT2D eigenvalue weighted by molar-refractivity contribution is 0.631. The molecular weight excluding hydrogens is 429 g/mol. The summed E-state index contributed by atoms with van der Waals surface area (Å²) in [7, 11) is 1.85. The van der Waals surface area contributed by atoms with E-state index in [-0.39, 0.29) is 5.56 Å². The Balaban J connectivity index is 1.75. The van der Waals surface area contributed by atoms with Crippen molar-refractivity contribution in [3.63, 3.8) is 0 Å². The topological polar surface area (TPSA) is 82.3 Å². The van der Waals surface area contributed by atoms with Crippen LogP contribution in [0, 0.1) is 19.7 Å². The second kappa shape index (κ2) is 7.72. The van der Waals surface area contributed by atoms with Crippen molar-refractivity contribution in [2.45, 2.75) is 13.8 Å². The summed E-state index contributed by atoms with van der Waals surface area (Å²) in [6.45, 7) is 3.70. The minimum absolute atomic E-state index is 0.275. The Morgan fingerprint density at radius 3 is 2.41 bits per heavy atom. The molecular formula is C23H17ClFN7. The molecule has 4 heterocycles. The molecule has 158 valence electrons. The molecule has 4 aromatic heterocycles. The summed E-state index contributed by atoms with van der Waals surface area (Å²) in [5.74, 6) is -0.122. The quantitative estimate of drug-likeness (QED) is 0.390. The Morgan fingerprint density at radius 1 is 0.875 bits per heavy atom. The maximum absolute atomic E-state index is 14.9. The third kappa shape index (κ3) is 3.58. The molecule has 0 saturated heterocycles. The first kappa shape index (κ1) is 20.1. The summed E-state index contributed by atoms with van der Waals surface area (Å²) in [5, 5.41) is 4.51. The molecule has 0 aliphatic heterocycles. The molecule has 0 unspecified atom stereocenters. The second-order valence-electron chi connectivity index (χ2n) is 7.45. The number of rotatable bonds is 3. The highest BCUT2D eigenvalue weighted by molar-refractivity contribution is 6.30. The van der Waals surface area contributed by atoms with Gasteiger partial charge < -0.3 is 0 Å². The van der Waals surface area contributed by atoms with E-state index in [2.05, 4.69) is 30.0 Å². The van der Waals surface area contributed by atoms with Crippen molar-refractivity contribution in [1.29, 1.82) is 0 Å². The summed E-state index contributed by atoms with van der Waals surface area (Å²) < 4.78 is 16.6. The lowest BCUT2D eigenvalue weighted by Gasteiger charge is -2.11. The summed E-state index contributed by atoms with van der Waals surface area (Å²) in [5.41, 5.74) is 5.35. The van der Waals surface area contributed by atoms with E-state index in [1.165, 1.54) is 6.07 Å². The van der Waals surface area contributed by atoms with E-state index >= 15 is 0 Å². The van der Waals surface area contributed by atoms with E-state index in [0.717, 1.165) is 22.5 Å². The van der Waals surface area contributed by atoms with Crippen LogP contribution in [-0.4, -0.2) is 34.7 Å². The van der Waals surface area contributed by atoms with Gasteiger partial charge in [-0.05, 0) is 38.1 Å². The minimum Gasteiger partial charge on any atom is -0.275 e. The van der Waals surface area contributed by atoms with Crippen molar-refractivity contribution in [2.75, 3.05) is 0 Å². The fourth-order valence-electron chi connectivity index (χ4n) is 3.40. The molecule has 0 spiro atoms. The predicted octanol–water partition coefficient (Wildman–Crippen LogP) is 4.96. The Kier molecular flexibility index (Phi) is 4.86. The van der Waals surface area contributed by atoms with Crippen molar-refractivity contribution >= 4 is 22.8 Å². The van der Waals surface area contributed by atoms with Crippen LogP contribution >= 0.6 is 11.6 Å². The molecule has 0 saturated carbocycles. The monoisotopic (exact) mass is 445 g/mol. The number of pyridine rings is 1. The number of benzene rings is 1. The summed E-state index contributed by atoms with van der Waals surface area (Å²) in [6, 6.07) is 6.38. The highest BCUT2D eigenvalue weighted by atomic mass is 35.5. The largest absolute Gasteiger partial charge is 0.275 e. The van der Waals surface area contributed by atoms with Gasteiger partial charge in [0.1, 0.15) is 17.0 Å². The third-order valence-electron chi connectivity index (χ3n) is 5.16. The zero-order chi connectivity index (χ0) is 22.4. The average molecular weight is 446 g/mol. The number of aryl methyl sites for hydroxylation is 3. The molecule has 1 aromatic carbocycles. The van der Waals surface area contributed by atoms with Crippen molar-refractivity contribution in [3.05, 3.63) is 71.3 Å². The van der Waals surface area contributed by atoms with Crippen LogP contribution < -0.4 is 0 Å². The standard InChI is InChI=1S/C23H17ClFN7/c1-12-13(2)29-23-21(28-12)20(18-5-4-17(24)7-19(18)25)30-22(31-23)15-6-14(8-26-9-15)16-10-27-32(3)11-16/h4-11H,1-3H3. The van der Waals surface area contributed by atoms with Crippen molar-refractivity contribution in [2.24, 2.45) is 7.05 Å². The lowest BCUT2D eigenvalue weighted by Crippen LogP contribution is -2.03. The fourth-order valence-corrected chi connectivity index (χ4v) is 3.56. The maximum atomic E-state index is 14.9.